The number of nitrogens with zero attached hydrogens (tertiary/aromatic N) is 2. The Labute approximate surface area is 107 Å². The molecular formula is C13H20N4O. The fourth-order valence-electron chi connectivity index (χ4n) is 2.42. The second-order valence-corrected chi connectivity index (χ2v) is 5.05. The number of nitrogen functional groups attached to an aromatic ring is 1. The van der Waals surface area contributed by atoms with E-state index < -0.39 is 0 Å². The number of hydrogen-bond acceptors (Lipinski definition) is 4. The summed E-state index contributed by atoms with van der Waals surface area (Å²) in [5.41, 5.74) is 3.72. The molecule has 2 heterocycles. The second kappa shape index (κ2) is 5.35. The lowest BCUT2D eigenvalue weighted by Gasteiger charge is -2.37. The van der Waals surface area contributed by atoms with Crippen molar-refractivity contribution in [2.45, 2.75) is 32.7 Å². The minimum atomic E-state index is 0.00935. The maximum absolute atomic E-state index is 12.5. The number of likely N-dealkylation sites (tertiary alicyclic amines) is 1. The van der Waals surface area contributed by atoms with Crippen molar-refractivity contribution in [3.63, 3.8) is 0 Å². The van der Waals surface area contributed by atoms with Crippen molar-refractivity contribution in [3.8, 4) is 0 Å². The van der Waals surface area contributed by atoms with E-state index in [1.165, 1.54) is 6.42 Å². The molecule has 0 bridgehead atoms. The van der Waals surface area contributed by atoms with Gasteiger partial charge in [-0.15, -0.1) is 0 Å². The van der Waals surface area contributed by atoms with Crippen LogP contribution in [0.25, 0.3) is 0 Å². The number of hydrogen-bond donors (Lipinski definition) is 2. The van der Waals surface area contributed by atoms with E-state index in [4.69, 9.17) is 5.84 Å². The Morgan fingerprint density at radius 3 is 3.00 bits per heavy atom. The summed E-state index contributed by atoms with van der Waals surface area (Å²) in [5.74, 6) is 5.99. The molecule has 0 saturated carbocycles. The molecule has 1 saturated heterocycles. The van der Waals surface area contributed by atoms with Gasteiger partial charge in [0.05, 0.1) is 11.3 Å². The van der Waals surface area contributed by atoms with Crippen LogP contribution in [0.2, 0.25) is 0 Å². The summed E-state index contributed by atoms with van der Waals surface area (Å²) in [5, 5.41) is 0. The SMILES string of the molecule is CC1CCC(C)N(C(=O)c2cnccc2NN)C1. The summed E-state index contributed by atoms with van der Waals surface area (Å²) in [6, 6.07) is 1.99. The van der Waals surface area contributed by atoms with Gasteiger partial charge in [0, 0.05) is 25.0 Å². The highest BCUT2D eigenvalue weighted by atomic mass is 16.2. The molecule has 2 atom stereocenters. The van der Waals surface area contributed by atoms with E-state index >= 15 is 0 Å². The maximum atomic E-state index is 12.5. The number of piperidine rings is 1. The van der Waals surface area contributed by atoms with Gasteiger partial charge < -0.3 is 10.3 Å². The summed E-state index contributed by atoms with van der Waals surface area (Å²) < 4.78 is 0. The normalized spacial score (nSPS) is 23.8. The predicted octanol–water partition coefficient (Wildman–Crippen LogP) is 1.63. The summed E-state index contributed by atoms with van der Waals surface area (Å²) in [4.78, 5) is 18.5. The van der Waals surface area contributed by atoms with Crippen LogP contribution in [0.1, 0.15) is 37.0 Å². The van der Waals surface area contributed by atoms with Gasteiger partial charge in [0.1, 0.15) is 0 Å². The standard InChI is InChI=1S/C13H20N4O/c1-9-3-4-10(2)17(8-9)13(18)11-7-15-6-5-12(11)16-14/h5-7,9-10H,3-4,8,14H2,1-2H3,(H,15,16). The van der Waals surface area contributed by atoms with E-state index in [0.29, 0.717) is 17.2 Å². The number of carbonyl (C=O) groups excluding carboxylic acids is 1. The molecule has 1 aromatic rings. The molecule has 0 spiro atoms. The molecule has 1 amide bonds. The first-order valence-corrected chi connectivity index (χ1v) is 6.35. The molecule has 1 aromatic heterocycles. The molecule has 1 aliphatic heterocycles. The van der Waals surface area contributed by atoms with Crippen molar-refractivity contribution in [1.29, 1.82) is 0 Å². The van der Waals surface area contributed by atoms with Gasteiger partial charge in [-0.05, 0) is 31.7 Å². The average Bonchev–Trinajstić information content (AvgIpc) is 2.40. The quantitative estimate of drug-likeness (QED) is 0.616. The lowest BCUT2D eigenvalue weighted by atomic mass is 9.94. The van der Waals surface area contributed by atoms with Gasteiger partial charge in [-0.3, -0.25) is 15.6 Å². The fraction of sp³-hybridized carbons (Fsp3) is 0.538. The predicted molar refractivity (Wildman–Crippen MR) is 70.9 cm³/mol. The molecule has 5 heteroatoms. The smallest absolute Gasteiger partial charge is 0.257 e. The van der Waals surface area contributed by atoms with Gasteiger partial charge in [0.2, 0.25) is 0 Å². The van der Waals surface area contributed by atoms with Crippen LogP contribution < -0.4 is 11.3 Å². The van der Waals surface area contributed by atoms with Gasteiger partial charge in [0.25, 0.3) is 5.91 Å². The van der Waals surface area contributed by atoms with Crippen molar-refractivity contribution in [1.82, 2.24) is 9.88 Å². The van der Waals surface area contributed by atoms with Crippen LogP contribution in [0, 0.1) is 5.92 Å². The Kier molecular flexibility index (Phi) is 3.81. The maximum Gasteiger partial charge on any atom is 0.257 e. The first-order chi connectivity index (χ1) is 8.63. The number of pyridine rings is 1. The Hall–Kier alpha value is -1.62. The Bertz CT molecular complexity index is 435. The van der Waals surface area contributed by atoms with E-state index in [2.05, 4.69) is 24.3 Å². The molecular weight excluding hydrogens is 228 g/mol. The van der Waals surface area contributed by atoms with Crippen molar-refractivity contribution < 1.29 is 4.79 Å². The van der Waals surface area contributed by atoms with E-state index in [9.17, 15) is 4.79 Å². The van der Waals surface area contributed by atoms with Gasteiger partial charge >= 0.3 is 0 Å². The van der Waals surface area contributed by atoms with Crippen LogP contribution in [0.15, 0.2) is 18.5 Å². The highest BCUT2D eigenvalue weighted by molar-refractivity contribution is 5.99. The lowest BCUT2D eigenvalue weighted by molar-refractivity contribution is 0.0574. The first-order valence-electron chi connectivity index (χ1n) is 6.35. The first kappa shape index (κ1) is 12.8. The third-order valence-corrected chi connectivity index (χ3v) is 3.59. The van der Waals surface area contributed by atoms with Gasteiger partial charge in [-0.25, -0.2) is 0 Å². The summed E-state index contributed by atoms with van der Waals surface area (Å²) in [6.07, 6.45) is 5.43. The van der Waals surface area contributed by atoms with Crippen LogP contribution in [-0.4, -0.2) is 28.4 Å². The van der Waals surface area contributed by atoms with Crippen LogP contribution in [-0.2, 0) is 0 Å². The van der Waals surface area contributed by atoms with E-state index in [-0.39, 0.29) is 11.9 Å². The minimum absolute atomic E-state index is 0.00935. The molecule has 3 N–H and O–H groups in total. The zero-order valence-corrected chi connectivity index (χ0v) is 10.9. The van der Waals surface area contributed by atoms with Crippen LogP contribution >= 0.6 is 0 Å². The van der Waals surface area contributed by atoms with Crippen molar-refractivity contribution in [2.24, 2.45) is 11.8 Å². The Morgan fingerprint density at radius 2 is 2.28 bits per heavy atom. The van der Waals surface area contributed by atoms with Crippen LogP contribution in [0.3, 0.4) is 0 Å². The molecule has 5 nitrogen and oxygen atoms in total. The van der Waals surface area contributed by atoms with E-state index in [1.807, 2.05) is 4.90 Å². The number of carbonyl (C=O) groups is 1. The Balaban J connectivity index is 2.24. The van der Waals surface area contributed by atoms with Crippen LogP contribution in [0.4, 0.5) is 5.69 Å². The Morgan fingerprint density at radius 1 is 1.50 bits per heavy atom. The summed E-state index contributed by atoms with van der Waals surface area (Å²) in [6.45, 7) is 5.08. The largest absolute Gasteiger partial charge is 0.336 e. The highest BCUT2D eigenvalue weighted by Gasteiger charge is 2.28. The average molecular weight is 248 g/mol. The number of hydrazine groups is 1. The topological polar surface area (TPSA) is 71.2 Å². The molecule has 98 valence electrons. The number of amides is 1. The highest BCUT2D eigenvalue weighted by Crippen LogP contribution is 2.24. The van der Waals surface area contributed by atoms with Gasteiger partial charge in [0.15, 0.2) is 0 Å². The monoisotopic (exact) mass is 248 g/mol. The zero-order valence-electron chi connectivity index (χ0n) is 10.9. The molecule has 1 fully saturated rings. The number of nitrogens with two attached hydrogens (primary N) is 1. The van der Waals surface area contributed by atoms with Crippen molar-refractivity contribution >= 4 is 11.6 Å². The second-order valence-electron chi connectivity index (χ2n) is 5.05. The van der Waals surface area contributed by atoms with Gasteiger partial charge in [-0.1, -0.05) is 6.92 Å². The summed E-state index contributed by atoms with van der Waals surface area (Å²) in [7, 11) is 0. The lowest BCUT2D eigenvalue weighted by Crippen LogP contribution is -2.45. The molecule has 0 radical (unpaired) electrons. The molecule has 0 aliphatic carbocycles. The number of rotatable bonds is 2. The number of anilines is 1. The molecule has 18 heavy (non-hydrogen) atoms. The van der Waals surface area contributed by atoms with Crippen LogP contribution in [0.5, 0.6) is 0 Å². The van der Waals surface area contributed by atoms with E-state index in [0.717, 1.165) is 13.0 Å². The van der Waals surface area contributed by atoms with Crippen molar-refractivity contribution in [3.05, 3.63) is 24.0 Å². The van der Waals surface area contributed by atoms with Gasteiger partial charge in [-0.2, -0.15) is 0 Å². The summed E-state index contributed by atoms with van der Waals surface area (Å²) >= 11 is 0. The molecule has 2 rings (SSSR count). The third-order valence-electron chi connectivity index (χ3n) is 3.59. The van der Waals surface area contributed by atoms with E-state index in [1.54, 1.807) is 18.5 Å². The van der Waals surface area contributed by atoms with Crippen molar-refractivity contribution in [2.75, 3.05) is 12.0 Å². The third kappa shape index (κ3) is 2.46. The zero-order chi connectivity index (χ0) is 13.1. The molecule has 2 unspecified atom stereocenters. The fourth-order valence-corrected chi connectivity index (χ4v) is 2.42. The molecule has 0 aromatic carbocycles. The molecule has 1 aliphatic rings. The minimum Gasteiger partial charge on any atom is -0.336 e. The number of aromatic nitrogens is 1. The number of nitrogens with one attached hydrogen (secondary N) is 1.